The first-order chi connectivity index (χ1) is 10.1. The summed E-state index contributed by atoms with van der Waals surface area (Å²) in [5, 5.41) is 3.71. The first-order valence-electron chi connectivity index (χ1n) is 6.45. The number of ketones is 1. The van der Waals surface area contributed by atoms with Crippen molar-refractivity contribution in [2.24, 2.45) is 0 Å². The standard InChI is InChI=1S/C14H12BrNO4S/c15-10-3-4-11(9(5-10)7-21(18)19)13(17)12-6-16-20-14(12)8-1-2-8/h3-6,8,21H,1-2,7H2. The molecule has 0 bridgehead atoms. The van der Waals surface area contributed by atoms with E-state index in [0.717, 1.165) is 17.3 Å². The Hall–Kier alpha value is -1.47. The molecule has 2 aromatic rings. The first-order valence-corrected chi connectivity index (χ1v) is 8.61. The van der Waals surface area contributed by atoms with Crippen molar-refractivity contribution in [1.82, 2.24) is 5.16 Å². The Morgan fingerprint density at radius 3 is 2.76 bits per heavy atom. The van der Waals surface area contributed by atoms with Gasteiger partial charge in [0.05, 0.1) is 17.5 Å². The Bertz CT molecular complexity index is 769. The van der Waals surface area contributed by atoms with E-state index in [4.69, 9.17) is 4.52 Å². The van der Waals surface area contributed by atoms with Crippen molar-refractivity contribution in [3.63, 3.8) is 0 Å². The third-order valence-corrected chi connectivity index (χ3v) is 4.49. The number of hydrogen-bond acceptors (Lipinski definition) is 5. The quantitative estimate of drug-likeness (QED) is 0.647. The molecule has 1 aliphatic carbocycles. The fraction of sp³-hybridized carbons (Fsp3) is 0.286. The summed E-state index contributed by atoms with van der Waals surface area (Å²) >= 11 is 3.29. The molecule has 3 rings (SSSR count). The molecule has 0 aliphatic heterocycles. The largest absolute Gasteiger partial charge is 0.360 e. The molecule has 0 saturated heterocycles. The Kier molecular flexibility index (Phi) is 3.95. The Balaban J connectivity index is 2.02. The minimum absolute atomic E-state index is 0.167. The number of nitrogens with zero attached hydrogens (tertiary/aromatic N) is 1. The van der Waals surface area contributed by atoms with E-state index in [0.29, 0.717) is 22.5 Å². The molecule has 21 heavy (non-hydrogen) atoms. The molecule has 0 unspecified atom stereocenters. The molecule has 1 aromatic heterocycles. The smallest absolute Gasteiger partial charge is 0.198 e. The van der Waals surface area contributed by atoms with Gasteiger partial charge in [0, 0.05) is 16.0 Å². The summed E-state index contributed by atoms with van der Waals surface area (Å²) < 4.78 is 27.9. The average molecular weight is 370 g/mol. The van der Waals surface area contributed by atoms with E-state index in [2.05, 4.69) is 21.1 Å². The lowest BCUT2D eigenvalue weighted by atomic mass is 9.99. The second kappa shape index (κ2) is 5.73. The second-order valence-corrected chi connectivity index (χ2v) is 6.90. The van der Waals surface area contributed by atoms with Gasteiger partial charge in [0.25, 0.3) is 0 Å². The summed E-state index contributed by atoms with van der Waals surface area (Å²) in [5.74, 6) is 0.472. The summed E-state index contributed by atoms with van der Waals surface area (Å²) in [5.41, 5.74) is 1.29. The first kappa shape index (κ1) is 14.5. The minimum Gasteiger partial charge on any atom is -0.360 e. The fourth-order valence-electron chi connectivity index (χ4n) is 2.26. The third kappa shape index (κ3) is 3.08. The second-order valence-electron chi connectivity index (χ2n) is 5.00. The summed E-state index contributed by atoms with van der Waals surface area (Å²) in [4.78, 5) is 12.7. The van der Waals surface area contributed by atoms with Crippen LogP contribution >= 0.6 is 15.9 Å². The van der Waals surface area contributed by atoms with Crippen molar-refractivity contribution in [1.29, 1.82) is 0 Å². The summed E-state index contributed by atoms with van der Waals surface area (Å²) in [7, 11) is -2.61. The lowest BCUT2D eigenvalue weighted by Gasteiger charge is -2.06. The van der Waals surface area contributed by atoms with Gasteiger partial charge in [-0.2, -0.15) is 0 Å². The molecule has 1 aliphatic rings. The maximum atomic E-state index is 12.7. The van der Waals surface area contributed by atoms with Crippen LogP contribution in [0.5, 0.6) is 0 Å². The molecule has 7 heteroatoms. The topological polar surface area (TPSA) is 77.2 Å². The minimum atomic E-state index is -2.61. The van der Waals surface area contributed by atoms with Crippen LogP contribution < -0.4 is 0 Å². The number of carbonyl (C=O) groups is 1. The molecule has 110 valence electrons. The molecule has 0 radical (unpaired) electrons. The van der Waals surface area contributed by atoms with Crippen LogP contribution in [0.15, 0.2) is 33.4 Å². The highest BCUT2D eigenvalue weighted by atomic mass is 79.9. The predicted octanol–water partition coefficient (Wildman–Crippen LogP) is 2.66. The van der Waals surface area contributed by atoms with Crippen molar-refractivity contribution in [2.75, 3.05) is 0 Å². The number of thiol groups is 1. The Labute approximate surface area is 131 Å². The summed E-state index contributed by atoms with van der Waals surface area (Å²) in [6.07, 6.45) is 3.41. The molecule has 1 aromatic carbocycles. The van der Waals surface area contributed by atoms with E-state index in [1.807, 2.05) is 0 Å². The van der Waals surface area contributed by atoms with Gasteiger partial charge >= 0.3 is 0 Å². The zero-order valence-corrected chi connectivity index (χ0v) is 13.4. The number of aromatic nitrogens is 1. The fourth-order valence-corrected chi connectivity index (χ4v) is 3.21. The Morgan fingerprint density at radius 2 is 2.10 bits per heavy atom. The van der Waals surface area contributed by atoms with Gasteiger partial charge < -0.3 is 4.52 Å². The highest BCUT2D eigenvalue weighted by molar-refractivity contribution is 9.10. The van der Waals surface area contributed by atoms with Gasteiger partial charge in [0.2, 0.25) is 0 Å². The van der Waals surface area contributed by atoms with Crippen molar-refractivity contribution in [2.45, 2.75) is 24.5 Å². The SMILES string of the molecule is O=C(c1ccc(Br)cc1C[SH](=O)=O)c1cnoc1C1CC1. The monoisotopic (exact) mass is 369 g/mol. The van der Waals surface area contributed by atoms with E-state index in [9.17, 15) is 13.2 Å². The van der Waals surface area contributed by atoms with Crippen LogP contribution in [0.2, 0.25) is 0 Å². The molecule has 1 saturated carbocycles. The zero-order chi connectivity index (χ0) is 15.0. The van der Waals surface area contributed by atoms with E-state index < -0.39 is 10.7 Å². The molecule has 0 N–H and O–H groups in total. The van der Waals surface area contributed by atoms with E-state index in [-0.39, 0.29) is 17.5 Å². The van der Waals surface area contributed by atoms with Gasteiger partial charge in [-0.15, -0.1) is 0 Å². The number of carbonyl (C=O) groups excluding carboxylic acids is 1. The number of hydrogen-bond donors (Lipinski definition) is 1. The highest BCUT2D eigenvalue weighted by Crippen LogP contribution is 2.42. The van der Waals surface area contributed by atoms with Crippen LogP contribution in [-0.4, -0.2) is 19.4 Å². The maximum absolute atomic E-state index is 12.7. The molecule has 0 atom stereocenters. The number of benzene rings is 1. The van der Waals surface area contributed by atoms with Crippen LogP contribution in [0.25, 0.3) is 0 Å². The number of rotatable bonds is 5. The third-order valence-electron chi connectivity index (χ3n) is 3.40. The summed E-state index contributed by atoms with van der Waals surface area (Å²) in [6.45, 7) is 0. The van der Waals surface area contributed by atoms with E-state index >= 15 is 0 Å². The van der Waals surface area contributed by atoms with Crippen molar-refractivity contribution in [3.05, 3.63) is 51.3 Å². The highest BCUT2D eigenvalue weighted by Gasteiger charge is 2.33. The van der Waals surface area contributed by atoms with Gasteiger partial charge in [0.1, 0.15) is 10.7 Å². The molecular formula is C14H12BrNO4S. The van der Waals surface area contributed by atoms with Crippen molar-refractivity contribution >= 4 is 32.4 Å². The molecule has 1 fully saturated rings. The lowest BCUT2D eigenvalue weighted by molar-refractivity contribution is 0.103. The van der Waals surface area contributed by atoms with Gasteiger partial charge in [-0.3, -0.25) is 4.79 Å². The van der Waals surface area contributed by atoms with Gasteiger partial charge in [-0.25, -0.2) is 8.42 Å². The van der Waals surface area contributed by atoms with Gasteiger partial charge in [0.15, 0.2) is 11.5 Å². The predicted molar refractivity (Wildman–Crippen MR) is 80.1 cm³/mol. The van der Waals surface area contributed by atoms with Gasteiger partial charge in [-0.1, -0.05) is 21.1 Å². The van der Waals surface area contributed by atoms with Crippen LogP contribution in [0.4, 0.5) is 0 Å². The summed E-state index contributed by atoms with van der Waals surface area (Å²) in [6, 6.07) is 5.01. The van der Waals surface area contributed by atoms with Crippen molar-refractivity contribution in [3.8, 4) is 0 Å². The average Bonchev–Trinajstić information content (AvgIpc) is 3.15. The molecule has 5 nitrogen and oxygen atoms in total. The van der Waals surface area contributed by atoms with E-state index in [1.54, 1.807) is 18.2 Å². The van der Waals surface area contributed by atoms with Crippen molar-refractivity contribution < 1.29 is 17.7 Å². The van der Waals surface area contributed by atoms with Crippen LogP contribution in [0.1, 0.15) is 46.0 Å². The lowest BCUT2D eigenvalue weighted by Crippen LogP contribution is -2.07. The molecule has 0 amide bonds. The Morgan fingerprint density at radius 1 is 1.33 bits per heavy atom. The van der Waals surface area contributed by atoms with Gasteiger partial charge in [-0.05, 0) is 36.6 Å². The number of halogens is 1. The maximum Gasteiger partial charge on any atom is 0.198 e. The van der Waals surface area contributed by atoms with Crippen LogP contribution in [0.3, 0.4) is 0 Å². The molecule has 1 heterocycles. The zero-order valence-electron chi connectivity index (χ0n) is 10.9. The van der Waals surface area contributed by atoms with Crippen LogP contribution in [0, 0.1) is 0 Å². The molecular weight excluding hydrogens is 358 g/mol. The molecule has 0 spiro atoms. The van der Waals surface area contributed by atoms with Crippen LogP contribution in [-0.2, 0) is 16.5 Å². The van der Waals surface area contributed by atoms with E-state index in [1.165, 1.54) is 6.20 Å². The normalized spacial score (nSPS) is 14.6.